The molecule has 0 bridgehead atoms. The second kappa shape index (κ2) is 38.0. The smallest absolute Gasteiger partial charge is 0.362 e. The Labute approximate surface area is 333 Å². The van der Waals surface area contributed by atoms with Gasteiger partial charge in [0.25, 0.3) is 0 Å². The van der Waals surface area contributed by atoms with Crippen molar-refractivity contribution in [2.24, 2.45) is 0 Å². The Morgan fingerprint density at radius 2 is 0.926 bits per heavy atom. The topological polar surface area (TPSA) is 99.1 Å². The number of unbranched alkanes of at least 4 members (excludes halogenated alkanes) is 25. The molecule has 0 radical (unpaired) electrons. The molecule has 54 heavy (non-hydrogen) atoms. The molecule has 8 heteroatoms. The van der Waals surface area contributed by atoms with Crippen LogP contribution in [0.4, 0.5) is 0 Å². The minimum Gasteiger partial charge on any atom is -0.477 e. The molecule has 318 valence electrons. The van der Waals surface area contributed by atoms with E-state index < -0.39 is 18.1 Å². The van der Waals surface area contributed by atoms with Crippen molar-refractivity contribution in [2.75, 3.05) is 41.0 Å². The first-order chi connectivity index (χ1) is 26.1. The summed E-state index contributed by atoms with van der Waals surface area (Å²) >= 11 is 0. The molecule has 0 aliphatic heterocycles. The number of quaternary nitrogens is 1. The Balaban J connectivity index is 4.30. The average Bonchev–Trinajstić information content (AvgIpc) is 3.12. The van der Waals surface area contributed by atoms with Crippen LogP contribution in [0.25, 0.3) is 0 Å². The number of likely N-dealkylation sites (N-methyl/N-ethyl adjacent to an activating group) is 1. The Morgan fingerprint density at radius 1 is 0.537 bits per heavy atom. The van der Waals surface area contributed by atoms with Crippen LogP contribution in [-0.4, -0.2) is 80.6 Å². The van der Waals surface area contributed by atoms with Crippen molar-refractivity contribution in [1.82, 2.24) is 0 Å². The lowest BCUT2D eigenvalue weighted by Crippen LogP contribution is -2.50. The summed E-state index contributed by atoms with van der Waals surface area (Å²) in [6, 6.07) is -0.610. The summed E-state index contributed by atoms with van der Waals surface area (Å²) in [6.07, 6.45) is 39.6. The number of esters is 2. The Morgan fingerprint density at radius 3 is 1.35 bits per heavy atom. The van der Waals surface area contributed by atoms with Gasteiger partial charge in [-0.25, -0.2) is 4.79 Å². The largest absolute Gasteiger partial charge is 0.477 e. The molecule has 0 rings (SSSR count). The maximum atomic E-state index is 12.7. The van der Waals surface area contributed by atoms with Crippen molar-refractivity contribution in [1.29, 1.82) is 0 Å². The van der Waals surface area contributed by atoms with Gasteiger partial charge in [0.1, 0.15) is 6.61 Å². The van der Waals surface area contributed by atoms with Crippen molar-refractivity contribution >= 4 is 17.9 Å². The quantitative estimate of drug-likeness (QED) is 0.0286. The number of nitrogens with zero attached hydrogens (tertiary/aromatic N) is 1. The van der Waals surface area contributed by atoms with E-state index in [1.165, 1.54) is 141 Å². The van der Waals surface area contributed by atoms with E-state index in [-0.39, 0.29) is 36.2 Å². The van der Waals surface area contributed by atoms with Crippen LogP contribution < -0.4 is 0 Å². The van der Waals surface area contributed by atoms with E-state index in [1.54, 1.807) is 0 Å². The zero-order valence-corrected chi connectivity index (χ0v) is 36.2. The summed E-state index contributed by atoms with van der Waals surface area (Å²) in [5, 5.41) is 9.62. The van der Waals surface area contributed by atoms with Gasteiger partial charge in [0.2, 0.25) is 0 Å². The van der Waals surface area contributed by atoms with Gasteiger partial charge in [-0.3, -0.25) is 9.59 Å². The van der Waals surface area contributed by atoms with E-state index >= 15 is 0 Å². The number of rotatable bonds is 41. The second-order valence-electron chi connectivity index (χ2n) is 16.7. The Hall–Kier alpha value is -1.93. The third kappa shape index (κ3) is 35.8. The van der Waals surface area contributed by atoms with E-state index in [2.05, 4.69) is 26.0 Å². The van der Waals surface area contributed by atoms with Crippen LogP contribution in [0, 0.1) is 0 Å². The first-order valence-corrected chi connectivity index (χ1v) is 22.7. The molecule has 0 saturated heterocycles. The van der Waals surface area contributed by atoms with Gasteiger partial charge in [0, 0.05) is 19.3 Å². The zero-order valence-electron chi connectivity index (χ0n) is 36.2. The van der Waals surface area contributed by atoms with Crippen molar-refractivity contribution in [2.45, 2.75) is 225 Å². The minimum atomic E-state index is -0.872. The maximum Gasteiger partial charge on any atom is 0.362 e. The van der Waals surface area contributed by atoms with Crippen LogP contribution in [0.1, 0.15) is 213 Å². The number of carbonyl (C=O) groups excluding carboxylic acids is 2. The fraction of sp³-hybridized carbons (Fsp3) is 0.891. The van der Waals surface area contributed by atoms with Gasteiger partial charge in [0.15, 0.2) is 12.1 Å². The average molecular weight is 767 g/mol. The van der Waals surface area contributed by atoms with Gasteiger partial charge in [0.05, 0.1) is 34.4 Å². The fourth-order valence-corrected chi connectivity index (χ4v) is 6.85. The molecular formula is C46H88NO7+. The molecule has 0 saturated carbocycles. The predicted molar refractivity (Wildman–Crippen MR) is 225 cm³/mol. The highest BCUT2D eigenvalue weighted by atomic mass is 16.6. The first kappa shape index (κ1) is 52.1. The van der Waals surface area contributed by atoms with E-state index in [9.17, 15) is 19.5 Å². The number of hydrogen-bond donors (Lipinski definition) is 1. The second-order valence-corrected chi connectivity index (χ2v) is 16.7. The van der Waals surface area contributed by atoms with Crippen molar-refractivity contribution < 1.29 is 38.2 Å². The van der Waals surface area contributed by atoms with Crippen LogP contribution in [-0.2, 0) is 28.6 Å². The highest BCUT2D eigenvalue weighted by molar-refractivity contribution is 5.72. The lowest BCUT2D eigenvalue weighted by molar-refractivity contribution is -0.887. The van der Waals surface area contributed by atoms with Gasteiger partial charge in [-0.1, -0.05) is 167 Å². The number of ether oxygens (including phenoxy) is 3. The van der Waals surface area contributed by atoms with Crippen LogP contribution in [0.15, 0.2) is 12.2 Å². The summed E-state index contributed by atoms with van der Waals surface area (Å²) in [5.74, 6) is -1.46. The normalized spacial score (nSPS) is 13.0. The van der Waals surface area contributed by atoms with E-state index in [0.717, 1.165) is 38.5 Å². The molecule has 0 aromatic rings. The molecule has 1 N–H and O–H groups in total. The third-order valence-corrected chi connectivity index (χ3v) is 10.4. The highest BCUT2D eigenvalue weighted by Crippen LogP contribution is 2.15. The standard InChI is InChI=1S/C46H87NO7/c1-6-8-10-12-14-16-18-20-22-24-26-28-30-32-34-36-44(48)53-41-42(40-52-39-38-43(46(50)51)47(3,4)5)54-45(49)37-35-33-31-29-27-25-23-21-19-17-15-13-11-9-7-2/h16,18,42-43H,6-15,17,19-41H2,1-5H3/p+1/b18-16+. The van der Waals surface area contributed by atoms with Crippen LogP contribution >= 0.6 is 0 Å². The van der Waals surface area contributed by atoms with Gasteiger partial charge < -0.3 is 23.8 Å². The number of hydrogen-bond acceptors (Lipinski definition) is 6. The molecular weight excluding hydrogens is 679 g/mol. The minimum absolute atomic E-state index is 0.0473. The van der Waals surface area contributed by atoms with Gasteiger partial charge >= 0.3 is 17.9 Å². The number of carboxylic acid groups (broad SMARTS) is 1. The predicted octanol–water partition coefficient (Wildman–Crippen LogP) is 12.3. The SMILES string of the molecule is CCCCCC/C=C/CCCCCCCCCC(=O)OCC(COCCC(C(=O)O)[N+](C)(C)C)OC(=O)CCCCCCCCCCCCCCCCC. The van der Waals surface area contributed by atoms with Crippen molar-refractivity contribution in [3.05, 3.63) is 12.2 Å². The number of aliphatic carboxylic acids is 1. The van der Waals surface area contributed by atoms with E-state index in [4.69, 9.17) is 14.2 Å². The Kier molecular flexibility index (Phi) is 36.6. The fourth-order valence-electron chi connectivity index (χ4n) is 6.85. The molecule has 0 amide bonds. The first-order valence-electron chi connectivity index (χ1n) is 22.7. The molecule has 0 fully saturated rings. The van der Waals surface area contributed by atoms with Crippen LogP contribution in [0.2, 0.25) is 0 Å². The summed E-state index contributed by atoms with van der Waals surface area (Å²) in [7, 11) is 5.53. The Bertz CT molecular complexity index is 900. The monoisotopic (exact) mass is 767 g/mol. The summed E-state index contributed by atoms with van der Waals surface area (Å²) in [6.45, 7) is 4.75. The van der Waals surface area contributed by atoms with E-state index in [0.29, 0.717) is 19.3 Å². The zero-order chi connectivity index (χ0) is 40.0. The number of allylic oxidation sites excluding steroid dienone is 2. The number of carboxylic acids is 1. The maximum absolute atomic E-state index is 12.7. The van der Waals surface area contributed by atoms with Gasteiger partial charge in [-0.15, -0.1) is 0 Å². The van der Waals surface area contributed by atoms with Gasteiger partial charge in [-0.05, 0) is 38.5 Å². The molecule has 0 aromatic heterocycles. The highest BCUT2D eigenvalue weighted by Gasteiger charge is 2.31. The van der Waals surface area contributed by atoms with Crippen LogP contribution in [0.5, 0.6) is 0 Å². The molecule has 2 atom stereocenters. The number of carbonyl (C=O) groups is 3. The van der Waals surface area contributed by atoms with Crippen molar-refractivity contribution in [3.63, 3.8) is 0 Å². The third-order valence-electron chi connectivity index (χ3n) is 10.4. The van der Waals surface area contributed by atoms with Crippen molar-refractivity contribution in [3.8, 4) is 0 Å². The molecule has 8 nitrogen and oxygen atoms in total. The van der Waals surface area contributed by atoms with Gasteiger partial charge in [-0.2, -0.15) is 0 Å². The summed E-state index contributed by atoms with van der Waals surface area (Å²) < 4.78 is 17.3. The molecule has 0 aliphatic carbocycles. The van der Waals surface area contributed by atoms with Crippen LogP contribution in [0.3, 0.4) is 0 Å². The molecule has 0 heterocycles. The summed E-state index contributed by atoms with van der Waals surface area (Å²) in [4.78, 5) is 37.0. The molecule has 0 aliphatic rings. The molecule has 2 unspecified atom stereocenters. The lowest BCUT2D eigenvalue weighted by atomic mass is 10.0. The summed E-state index contributed by atoms with van der Waals surface area (Å²) in [5.41, 5.74) is 0. The lowest BCUT2D eigenvalue weighted by Gasteiger charge is -2.31. The molecule has 0 aromatic carbocycles. The van der Waals surface area contributed by atoms with E-state index in [1.807, 2.05) is 21.1 Å². The molecule has 0 spiro atoms.